The number of hydrogen-bond acceptors (Lipinski definition) is 7. The molecule has 0 unspecified atom stereocenters. The van der Waals surface area contributed by atoms with Crippen molar-refractivity contribution in [2.24, 2.45) is 5.92 Å². The highest BCUT2D eigenvalue weighted by Crippen LogP contribution is 2.39. The third kappa shape index (κ3) is 4.66. The Labute approximate surface area is 164 Å². The summed E-state index contributed by atoms with van der Waals surface area (Å²) >= 11 is 0.516. The smallest absolute Gasteiger partial charge is 0.391 e. The summed E-state index contributed by atoms with van der Waals surface area (Å²) in [6.45, 7) is 1.37. The first kappa shape index (κ1) is 22.6. The predicted molar refractivity (Wildman–Crippen MR) is 93.9 cm³/mol. The highest BCUT2D eigenvalue weighted by molar-refractivity contribution is 7.91. The number of rotatable bonds is 5. The van der Waals surface area contributed by atoms with Crippen LogP contribution in [0, 0.1) is 12.8 Å². The first-order valence-electron chi connectivity index (χ1n) is 8.31. The van der Waals surface area contributed by atoms with Crippen molar-refractivity contribution in [2.45, 2.75) is 49.0 Å². The van der Waals surface area contributed by atoms with Crippen LogP contribution in [0.15, 0.2) is 4.21 Å². The van der Waals surface area contributed by atoms with Crippen molar-refractivity contribution in [1.82, 2.24) is 4.72 Å². The fourth-order valence-electron chi connectivity index (χ4n) is 3.17. The number of methoxy groups -OCH3 is 2. The third-order valence-electron chi connectivity index (χ3n) is 4.58. The van der Waals surface area contributed by atoms with Crippen LogP contribution < -0.4 is 4.72 Å². The molecule has 1 aliphatic rings. The third-order valence-corrected chi connectivity index (χ3v) is 7.89. The van der Waals surface area contributed by atoms with E-state index in [9.17, 15) is 31.2 Å². The number of hydrogen-bond donors (Lipinski definition) is 1. The normalized spacial score (nSPS) is 20.6. The van der Waals surface area contributed by atoms with Crippen molar-refractivity contribution in [3.05, 3.63) is 16.0 Å². The van der Waals surface area contributed by atoms with E-state index in [1.54, 1.807) is 0 Å². The standard InChI is InChI=1S/C16H20F3NO6S2/c1-8-11(13(21)25-2)15(27-12(8)14(22)26-3)28(23,24)20-10-6-4-5-9(7-10)16(17,18)19/h9-10,20H,4-7H2,1-3H3/t9-,10+/m0/s1. The van der Waals surface area contributed by atoms with Crippen LogP contribution in [-0.2, 0) is 19.5 Å². The molecule has 7 nitrogen and oxygen atoms in total. The van der Waals surface area contributed by atoms with E-state index in [0.29, 0.717) is 11.3 Å². The van der Waals surface area contributed by atoms with Gasteiger partial charge in [-0.3, -0.25) is 0 Å². The summed E-state index contributed by atoms with van der Waals surface area (Å²) < 4.78 is 75.6. The molecule has 1 aromatic heterocycles. The van der Waals surface area contributed by atoms with Gasteiger partial charge in [0.05, 0.1) is 25.7 Å². The number of carbonyl (C=O) groups excluding carboxylic acids is 2. The summed E-state index contributed by atoms with van der Waals surface area (Å²) in [7, 11) is -2.21. The summed E-state index contributed by atoms with van der Waals surface area (Å²) in [6, 6.07) is -0.931. The number of alkyl halides is 3. The molecule has 28 heavy (non-hydrogen) atoms. The molecule has 12 heteroatoms. The van der Waals surface area contributed by atoms with Crippen LogP contribution >= 0.6 is 11.3 Å². The average molecular weight is 443 g/mol. The van der Waals surface area contributed by atoms with Crippen LogP contribution in [0.5, 0.6) is 0 Å². The van der Waals surface area contributed by atoms with Crippen molar-refractivity contribution in [3.8, 4) is 0 Å². The zero-order chi connectivity index (χ0) is 21.3. The molecule has 0 radical (unpaired) electrons. The molecule has 1 saturated carbocycles. The highest BCUT2D eigenvalue weighted by Gasteiger charge is 2.43. The van der Waals surface area contributed by atoms with Crippen LogP contribution in [0.3, 0.4) is 0 Å². The van der Waals surface area contributed by atoms with E-state index in [0.717, 1.165) is 14.2 Å². The number of ether oxygens (including phenoxy) is 2. The summed E-state index contributed by atoms with van der Waals surface area (Å²) in [6.07, 6.45) is -4.38. The van der Waals surface area contributed by atoms with Gasteiger partial charge in [0.1, 0.15) is 4.88 Å². The Morgan fingerprint density at radius 3 is 2.29 bits per heavy atom. The van der Waals surface area contributed by atoms with E-state index in [2.05, 4.69) is 14.2 Å². The van der Waals surface area contributed by atoms with Gasteiger partial charge in [-0.25, -0.2) is 22.7 Å². The van der Waals surface area contributed by atoms with E-state index in [1.807, 2.05) is 0 Å². The van der Waals surface area contributed by atoms with Gasteiger partial charge >= 0.3 is 18.1 Å². The average Bonchev–Trinajstić information content (AvgIpc) is 2.97. The molecule has 2 atom stereocenters. The van der Waals surface area contributed by atoms with Crippen LogP contribution in [0.25, 0.3) is 0 Å². The van der Waals surface area contributed by atoms with Gasteiger partial charge in [0.15, 0.2) is 4.21 Å². The molecular formula is C16H20F3NO6S2. The van der Waals surface area contributed by atoms with Crippen molar-refractivity contribution in [3.63, 3.8) is 0 Å². The number of carbonyl (C=O) groups is 2. The Bertz CT molecular complexity index is 862. The van der Waals surface area contributed by atoms with E-state index in [-0.39, 0.29) is 41.7 Å². The molecule has 1 aliphatic carbocycles. The van der Waals surface area contributed by atoms with E-state index < -0.39 is 44.3 Å². The summed E-state index contributed by atoms with van der Waals surface area (Å²) in [4.78, 5) is 23.9. The number of nitrogens with one attached hydrogen (secondary N) is 1. The topological polar surface area (TPSA) is 98.8 Å². The van der Waals surface area contributed by atoms with Crippen molar-refractivity contribution >= 4 is 33.3 Å². The SMILES string of the molecule is COC(=O)c1sc(S(=O)(=O)N[C@@H]2CCC[C@H](C(F)(F)F)C2)c(C(=O)OC)c1C. The monoisotopic (exact) mass is 443 g/mol. The van der Waals surface area contributed by atoms with Gasteiger partial charge in [-0.2, -0.15) is 13.2 Å². The lowest BCUT2D eigenvalue weighted by Gasteiger charge is -2.30. The minimum atomic E-state index is -4.40. The first-order chi connectivity index (χ1) is 12.9. The minimum Gasteiger partial charge on any atom is -0.465 e. The molecule has 1 aromatic rings. The van der Waals surface area contributed by atoms with Gasteiger partial charge < -0.3 is 9.47 Å². The fraction of sp³-hybridized carbons (Fsp3) is 0.625. The highest BCUT2D eigenvalue weighted by atomic mass is 32.2. The van der Waals surface area contributed by atoms with E-state index in [4.69, 9.17) is 0 Å². The summed E-state index contributed by atoms with van der Waals surface area (Å²) in [5, 5.41) is 0. The Morgan fingerprint density at radius 2 is 1.75 bits per heavy atom. The predicted octanol–water partition coefficient (Wildman–Crippen LogP) is 3.03. The molecule has 2 rings (SSSR count). The lowest BCUT2D eigenvalue weighted by Crippen LogP contribution is -2.41. The lowest BCUT2D eigenvalue weighted by molar-refractivity contribution is -0.183. The maximum absolute atomic E-state index is 13.0. The molecule has 0 bridgehead atoms. The maximum Gasteiger partial charge on any atom is 0.391 e. The van der Waals surface area contributed by atoms with Gasteiger partial charge in [-0.1, -0.05) is 6.42 Å². The Kier molecular flexibility index (Phi) is 6.77. The van der Waals surface area contributed by atoms with Gasteiger partial charge in [0, 0.05) is 6.04 Å². The molecule has 1 heterocycles. The van der Waals surface area contributed by atoms with Gasteiger partial charge in [0.25, 0.3) is 10.0 Å². The van der Waals surface area contributed by atoms with Crippen LogP contribution in [-0.4, -0.2) is 46.8 Å². The Hall–Kier alpha value is -1.66. The summed E-state index contributed by atoms with van der Waals surface area (Å²) in [5.74, 6) is -3.39. The second kappa shape index (κ2) is 8.37. The second-order valence-electron chi connectivity index (χ2n) is 6.43. The zero-order valence-electron chi connectivity index (χ0n) is 15.4. The Morgan fingerprint density at radius 1 is 1.14 bits per heavy atom. The number of esters is 2. The molecule has 0 spiro atoms. The summed E-state index contributed by atoms with van der Waals surface area (Å²) in [5.41, 5.74) is -0.260. The Balaban J connectivity index is 2.39. The van der Waals surface area contributed by atoms with Gasteiger partial charge in [-0.05, 0) is 31.7 Å². The molecule has 0 saturated heterocycles. The van der Waals surface area contributed by atoms with E-state index in [1.165, 1.54) is 6.92 Å². The largest absolute Gasteiger partial charge is 0.465 e. The molecule has 0 aromatic carbocycles. The zero-order valence-corrected chi connectivity index (χ0v) is 17.0. The quantitative estimate of drug-likeness (QED) is 0.703. The number of sulfonamides is 1. The molecule has 1 N–H and O–H groups in total. The fourth-order valence-corrected chi connectivity index (χ4v) is 6.21. The van der Waals surface area contributed by atoms with Gasteiger partial charge in [-0.15, -0.1) is 11.3 Å². The number of halogens is 3. The van der Waals surface area contributed by atoms with Gasteiger partial charge in [0.2, 0.25) is 0 Å². The molecule has 1 fully saturated rings. The first-order valence-corrected chi connectivity index (χ1v) is 10.6. The lowest BCUT2D eigenvalue weighted by atomic mass is 9.86. The van der Waals surface area contributed by atoms with E-state index >= 15 is 0 Å². The molecule has 158 valence electrons. The maximum atomic E-state index is 13.0. The van der Waals surface area contributed by atoms with Crippen LogP contribution in [0.4, 0.5) is 13.2 Å². The molecular weight excluding hydrogens is 423 g/mol. The number of thiophene rings is 1. The van der Waals surface area contributed by atoms with Crippen LogP contribution in [0.2, 0.25) is 0 Å². The van der Waals surface area contributed by atoms with Crippen molar-refractivity contribution in [1.29, 1.82) is 0 Å². The molecule has 0 aliphatic heterocycles. The second-order valence-corrected chi connectivity index (χ2v) is 9.36. The van der Waals surface area contributed by atoms with Crippen molar-refractivity contribution in [2.75, 3.05) is 14.2 Å². The van der Waals surface area contributed by atoms with Crippen molar-refractivity contribution < 1.29 is 40.7 Å². The molecule has 0 amide bonds. The minimum absolute atomic E-state index is 0.0558. The van der Waals surface area contributed by atoms with Crippen LogP contribution in [0.1, 0.15) is 51.3 Å².